The van der Waals surface area contributed by atoms with Gasteiger partial charge in [-0.25, -0.2) is 4.68 Å². The lowest BCUT2D eigenvalue weighted by Gasteiger charge is -2.20. The minimum Gasteiger partial charge on any atom is -0.350 e. The largest absolute Gasteiger partial charge is 0.350 e. The van der Waals surface area contributed by atoms with Crippen molar-refractivity contribution in [2.45, 2.75) is 40.4 Å². The van der Waals surface area contributed by atoms with Gasteiger partial charge in [0.25, 0.3) is 5.56 Å². The molecule has 2 aromatic carbocycles. The lowest BCUT2D eigenvalue weighted by atomic mass is 10.1. The van der Waals surface area contributed by atoms with E-state index in [1.807, 2.05) is 43.3 Å². The van der Waals surface area contributed by atoms with Gasteiger partial charge >= 0.3 is 0 Å². The molecular weight excluding hydrogens is 364 g/mol. The van der Waals surface area contributed by atoms with E-state index in [1.165, 1.54) is 10.2 Å². The fraction of sp³-hybridized carbons (Fsp3) is 0.348. The van der Waals surface area contributed by atoms with E-state index in [-0.39, 0.29) is 18.0 Å². The summed E-state index contributed by atoms with van der Waals surface area (Å²) in [7, 11) is 0. The standard InChI is InChI=1S/C23H28N4O2/c1-4-26(5-2)15-19-11-7-6-10-18(19)14-24-22(28)16-27-23(29)21-13-9-8-12-20(21)17(3)25-27/h6-13H,4-5,14-16H2,1-3H3,(H,24,28). The van der Waals surface area contributed by atoms with Crippen LogP contribution in [0.2, 0.25) is 0 Å². The summed E-state index contributed by atoms with van der Waals surface area (Å²) in [6.45, 7) is 9.28. The van der Waals surface area contributed by atoms with E-state index in [2.05, 4.69) is 35.2 Å². The quantitative estimate of drug-likeness (QED) is 0.640. The summed E-state index contributed by atoms with van der Waals surface area (Å²) in [4.78, 5) is 27.5. The average molecular weight is 393 g/mol. The van der Waals surface area contributed by atoms with Gasteiger partial charge in [0.05, 0.1) is 11.1 Å². The highest BCUT2D eigenvalue weighted by Crippen LogP contribution is 2.13. The highest BCUT2D eigenvalue weighted by Gasteiger charge is 2.12. The van der Waals surface area contributed by atoms with E-state index >= 15 is 0 Å². The smallest absolute Gasteiger partial charge is 0.275 e. The first-order valence-corrected chi connectivity index (χ1v) is 10.1. The number of aromatic nitrogens is 2. The second-order valence-corrected chi connectivity index (χ2v) is 7.10. The number of hydrogen-bond acceptors (Lipinski definition) is 4. The highest BCUT2D eigenvalue weighted by molar-refractivity contribution is 5.83. The second-order valence-electron chi connectivity index (χ2n) is 7.10. The van der Waals surface area contributed by atoms with Crippen molar-refractivity contribution in [2.24, 2.45) is 0 Å². The molecule has 0 bridgehead atoms. The molecule has 3 aromatic rings. The Labute approximate surface area is 171 Å². The zero-order chi connectivity index (χ0) is 20.8. The number of hydrogen-bond donors (Lipinski definition) is 1. The molecule has 0 saturated carbocycles. The molecule has 6 nitrogen and oxygen atoms in total. The molecule has 6 heteroatoms. The van der Waals surface area contributed by atoms with E-state index in [9.17, 15) is 9.59 Å². The Morgan fingerprint density at radius 2 is 1.62 bits per heavy atom. The van der Waals surface area contributed by atoms with Gasteiger partial charge < -0.3 is 5.32 Å². The summed E-state index contributed by atoms with van der Waals surface area (Å²) in [5.41, 5.74) is 2.77. The number of fused-ring (bicyclic) bond motifs is 1. The van der Waals surface area contributed by atoms with Crippen molar-refractivity contribution in [3.63, 3.8) is 0 Å². The first kappa shape index (κ1) is 20.7. The summed E-state index contributed by atoms with van der Waals surface area (Å²) in [6, 6.07) is 15.5. The average Bonchev–Trinajstić information content (AvgIpc) is 2.75. The Bertz CT molecular complexity index is 1050. The number of benzene rings is 2. The van der Waals surface area contributed by atoms with Crippen LogP contribution in [0.4, 0.5) is 0 Å². The normalized spacial score (nSPS) is 11.2. The van der Waals surface area contributed by atoms with Gasteiger partial charge in [-0.05, 0) is 37.2 Å². The molecule has 3 rings (SSSR count). The Hall–Kier alpha value is -2.99. The van der Waals surface area contributed by atoms with Gasteiger partial charge in [-0.1, -0.05) is 56.3 Å². The molecule has 152 valence electrons. The number of rotatable bonds is 8. The lowest BCUT2D eigenvalue weighted by molar-refractivity contribution is -0.122. The Balaban J connectivity index is 1.71. The van der Waals surface area contributed by atoms with Gasteiger partial charge in [0, 0.05) is 18.5 Å². The van der Waals surface area contributed by atoms with E-state index in [0.717, 1.165) is 36.3 Å². The van der Waals surface area contributed by atoms with Gasteiger partial charge in [0.2, 0.25) is 5.91 Å². The SMILES string of the molecule is CCN(CC)Cc1ccccc1CNC(=O)Cn1nc(C)c2ccccc2c1=O. The van der Waals surface area contributed by atoms with Crippen LogP contribution < -0.4 is 10.9 Å². The maximum absolute atomic E-state index is 12.6. The topological polar surface area (TPSA) is 67.2 Å². The Morgan fingerprint density at radius 3 is 2.31 bits per heavy atom. The van der Waals surface area contributed by atoms with Crippen LogP contribution >= 0.6 is 0 Å². The molecule has 0 aliphatic rings. The molecule has 1 aromatic heterocycles. The zero-order valence-electron chi connectivity index (χ0n) is 17.3. The number of carbonyl (C=O) groups is 1. The van der Waals surface area contributed by atoms with Crippen LogP contribution in [0.1, 0.15) is 30.7 Å². The van der Waals surface area contributed by atoms with Gasteiger partial charge in [-0.2, -0.15) is 5.10 Å². The minimum atomic E-state index is -0.247. The van der Waals surface area contributed by atoms with Crippen molar-refractivity contribution in [1.82, 2.24) is 20.0 Å². The zero-order valence-corrected chi connectivity index (χ0v) is 17.3. The third-order valence-electron chi connectivity index (χ3n) is 5.23. The molecule has 0 aliphatic carbocycles. The molecule has 1 N–H and O–H groups in total. The van der Waals surface area contributed by atoms with Crippen molar-refractivity contribution in [3.8, 4) is 0 Å². The molecule has 1 heterocycles. The number of amides is 1. The van der Waals surface area contributed by atoms with Crippen LogP contribution in [-0.2, 0) is 24.4 Å². The van der Waals surface area contributed by atoms with Gasteiger partial charge in [-0.3, -0.25) is 14.5 Å². The molecule has 0 unspecified atom stereocenters. The lowest BCUT2D eigenvalue weighted by Crippen LogP contribution is -2.34. The van der Waals surface area contributed by atoms with Gasteiger partial charge in [0.15, 0.2) is 0 Å². The van der Waals surface area contributed by atoms with Gasteiger partial charge in [-0.15, -0.1) is 0 Å². The summed E-state index contributed by atoms with van der Waals surface area (Å²) in [6.07, 6.45) is 0. The third-order valence-corrected chi connectivity index (χ3v) is 5.23. The van der Waals surface area contributed by atoms with Crippen LogP contribution in [0.25, 0.3) is 10.8 Å². The van der Waals surface area contributed by atoms with Crippen LogP contribution in [0.15, 0.2) is 53.3 Å². The summed E-state index contributed by atoms with van der Waals surface area (Å²) < 4.78 is 1.24. The molecule has 0 spiro atoms. The molecule has 0 aliphatic heterocycles. The van der Waals surface area contributed by atoms with Crippen molar-refractivity contribution in [1.29, 1.82) is 0 Å². The maximum Gasteiger partial charge on any atom is 0.275 e. The van der Waals surface area contributed by atoms with Crippen molar-refractivity contribution in [3.05, 3.63) is 75.7 Å². The van der Waals surface area contributed by atoms with E-state index in [1.54, 1.807) is 6.07 Å². The minimum absolute atomic E-state index is 0.0945. The van der Waals surface area contributed by atoms with Crippen LogP contribution in [0, 0.1) is 6.92 Å². The number of aryl methyl sites for hydroxylation is 1. The summed E-state index contributed by atoms with van der Waals surface area (Å²) >= 11 is 0. The predicted octanol–water partition coefficient (Wildman–Crippen LogP) is 2.86. The molecule has 1 amide bonds. The summed E-state index contributed by atoms with van der Waals surface area (Å²) in [5, 5.41) is 8.65. The van der Waals surface area contributed by atoms with Crippen molar-refractivity contribution >= 4 is 16.7 Å². The van der Waals surface area contributed by atoms with Gasteiger partial charge in [0.1, 0.15) is 6.54 Å². The fourth-order valence-corrected chi connectivity index (χ4v) is 3.47. The van der Waals surface area contributed by atoms with Crippen LogP contribution in [0.5, 0.6) is 0 Å². The number of nitrogens with zero attached hydrogens (tertiary/aromatic N) is 3. The maximum atomic E-state index is 12.6. The van der Waals surface area contributed by atoms with E-state index in [4.69, 9.17) is 0 Å². The predicted molar refractivity (Wildman–Crippen MR) is 116 cm³/mol. The first-order valence-electron chi connectivity index (χ1n) is 10.1. The molecule has 29 heavy (non-hydrogen) atoms. The molecule has 0 saturated heterocycles. The van der Waals surface area contributed by atoms with Crippen LogP contribution in [-0.4, -0.2) is 33.7 Å². The third kappa shape index (κ3) is 4.90. The Morgan fingerprint density at radius 1 is 1.00 bits per heavy atom. The van der Waals surface area contributed by atoms with Crippen molar-refractivity contribution in [2.75, 3.05) is 13.1 Å². The summed E-state index contributed by atoms with van der Waals surface area (Å²) in [5.74, 6) is -0.230. The van der Waals surface area contributed by atoms with E-state index < -0.39 is 0 Å². The number of carbonyl (C=O) groups excluding carboxylic acids is 1. The monoisotopic (exact) mass is 392 g/mol. The van der Waals surface area contributed by atoms with E-state index in [0.29, 0.717) is 11.9 Å². The molecule has 0 radical (unpaired) electrons. The Kier molecular flexibility index (Phi) is 6.77. The second kappa shape index (κ2) is 9.47. The molecule has 0 fully saturated rings. The fourth-order valence-electron chi connectivity index (χ4n) is 3.47. The first-order chi connectivity index (χ1) is 14.0. The molecular formula is C23H28N4O2. The number of nitrogens with one attached hydrogen (secondary N) is 1. The highest BCUT2D eigenvalue weighted by atomic mass is 16.2. The molecule has 0 atom stereocenters. The van der Waals surface area contributed by atoms with Crippen molar-refractivity contribution < 1.29 is 4.79 Å². The van der Waals surface area contributed by atoms with Crippen LogP contribution in [0.3, 0.4) is 0 Å².